The third-order valence-corrected chi connectivity index (χ3v) is 6.55. The molecule has 2 fully saturated rings. The lowest BCUT2D eigenvalue weighted by Gasteiger charge is -2.43. The lowest BCUT2D eigenvalue weighted by Crippen LogP contribution is -2.56. The summed E-state index contributed by atoms with van der Waals surface area (Å²) in [4.78, 5) is 10.7. The van der Waals surface area contributed by atoms with Crippen molar-refractivity contribution in [1.29, 1.82) is 0 Å². The van der Waals surface area contributed by atoms with E-state index in [1.165, 1.54) is 14.2 Å². The van der Waals surface area contributed by atoms with Gasteiger partial charge in [-0.2, -0.15) is 0 Å². The Labute approximate surface area is 183 Å². The number of hydrogen-bond acceptors (Lipinski definition) is 10. The van der Waals surface area contributed by atoms with E-state index >= 15 is 0 Å². The molecule has 2 aliphatic carbocycles. The van der Waals surface area contributed by atoms with Crippen molar-refractivity contribution in [3.8, 4) is 0 Å². The van der Waals surface area contributed by atoms with Crippen LogP contribution in [0.2, 0.25) is 0 Å². The van der Waals surface area contributed by atoms with Gasteiger partial charge in [-0.1, -0.05) is 13.8 Å². The van der Waals surface area contributed by atoms with E-state index in [1.807, 2.05) is 13.8 Å². The molecule has 4 N–H and O–H groups in total. The van der Waals surface area contributed by atoms with Gasteiger partial charge in [-0.05, 0) is 24.7 Å². The average Bonchev–Trinajstić information content (AvgIpc) is 2.73. The smallest absolute Gasteiger partial charge is 0.293 e. The van der Waals surface area contributed by atoms with E-state index in [0.717, 1.165) is 0 Å². The Hall–Kier alpha value is -0.850. The van der Waals surface area contributed by atoms with Gasteiger partial charge in [0, 0.05) is 26.7 Å². The number of methoxy groups -OCH3 is 2. The third kappa shape index (κ3) is 6.35. The highest BCUT2D eigenvalue weighted by Gasteiger charge is 2.45. The first-order valence-corrected chi connectivity index (χ1v) is 10.8. The van der Waals surface area contributed by atoms with Gasteiger partial charge in [0.2, 0.25) is 0 Å². The predicted molar refractivity (Wildman–Crippen MR) is 108 cm³/mol. The molecule has 2 rings (SSSR count). The van der Waals surface area contributed by atoms with Crippen molar-refractivity contribution in [2.24, 2.45) is 17.8 Å². The number of carbonyl (C=O) groups excluding carboxylic acids is 1. The molecule has 10 heteroatoms. The molecule has 0 saturated heterocycles. The maximum atomic E-state index is 10.7. The fourth-order valence-electron chi connectivity index (χ4n) is 4.95. The Morgan fingerprint density at radius 2 is 1.42 bits per heavy atom. The van der Waals surface area contributed by atoms with Crippen molar-refractivity contribution in [3.05, 3.63) is 0 Å². The van der Waals surface area contributed by atoms with Crippen LogP contribution in [0.1, 0.15) is 26.7 Å². The van der Waals surface area contributed by atoms with Gasteiger partial charge in [0.05, 0.1) is 31.5 Å². The zero-order valence-corrected chi connectivity index (χ0v) is 18.7. The highest BCUT2D eigenvalue weighted by Crippen LogP contribution is 2.34. The molecule has 10 nitrogen and oxygen atoms in total. The Kier molecular flexibility index (Phi) is 10.6. The molecule has 2 aliphatic rings. The van der Waals surface area contributed by atoms with Crippen molar-refractivity contribution in [1.82, 2.24) is 0 Å². The zero-order chi connectivity index (χ0) is 23.1. The first-order chi connectivity index (χ1) is 14.8. The number of ether oxygens (including phenoxy) is 5. The molecule has 7 unspecified atom stereocenters. The second kappa shape index (κ2) is 12.4. The van der Waals surface area contributed by atoms with Crippen LogP contribution in [-0.4, -0.2) is 110 Å². The normalized spacial score (nSPS) is 42.2. The number of aliphatic hydroxyl groups is 4. The van der Waals surface area contributed by atoms with Gasteiger partial charge in [0.1, 0.15) is 30.5 Å². The molecule has 182 valence electrons. The van der Waals surface area contributed by atoms with Crippen molar-refractivity contribution in [3.63, 3.8) is 0 Å². The Morgan fingerprint density at radius 1 is 0.903 bits per heavy atom. The van der Waals surface area contributed by atoms with Gasteiger partial charge in [0.25, 0.3) is 6.47 Å². The molecule has 0 aromatic carbocycles. The van der Waals surface area contributed by atoms with E-state index < -0.39 is 48.8 Å². The monoisotopic (exact) mass is 450 g/mol. The summed E-state index contributed by atoms with van der Waals surface area (Å²) >= 11 is 0. The molecule has 0 bridgehead atoms. The largest absolute Gasteiger partial charge is 0.462 e. The Bertz CT molecular complexity index is 534. The van der Waals surface area contributed by atoms with Gasteiger partial charge in [-0.15, -0.1) is 0 Å². The first kappa shape index (κ1) is 26.4. The van der Waals surface area contributed by atoms with E-state index in [9.17, 15) is 25.2 Å². The van der Waals surface area contributed by atoms with Crippen LogP contribution in [0.5, 0.6) is 0 Å². The van der Waals surface area contributed by atoms with Crippen LogP contribution in [0.15, 0.2) is 0 Å². The standard InChI is InChI=1S/C21H38O10/c1-11-5-13(7-22)20(27-3)16(25)18(11)29-8-14(24)9-30-19-12(2)6-15(31-10-23)21(28-4)17(19)26/h10-22,24-26H,5-9H2,1-4H3/t11-,12?,13?,14?,15-,16-,17?,18?,19?,20-,21?/m1/s1. The minimum absolute atomic E-state index is 0.0240. The van der Waals surface area contributed by atoms with Gasteiger partial charge in [-0.25, -0.2) is 0 Å². The van der Waals surface area contributed by atoms with Gasteiger partial charge in [-0.3, -0.25) is 4.79 Å². The second-order valence-corrected chi connectivity index (χ2v) is 8.77. The van der Waals surface area contributed by atoms with Crippen LogP contribution >= 0.6 is 0 Å². The summed E-state index contributed by atoms with van der Waals surface area (Å²) in [5, 5.41) is 41.0. The summed E-state index contributed by atoms with van der Waals surface area (Å²) in [7, 11) is 2.91. The van der Waals surface area contributed by atoms with Crippen LogP contribution in [0.4, 0.5) is 0 Å². The van der Waals surface area contributed by atoms with Crippen LogP contribution in [0.25, 0.3) is 0 Å². The molecule has 0 heterocycles. The molecular weight excluding hydrogens is 412 g/mol. The highest BCUT2D eigenvalue weighted by molar-refractivity contribution is 5.37. The second-order valence-electron chi connectivity index (χ2n) is 8.77. The predicted octanol–water partition coefficient (Wildman–Crippen LogP) is -0.901. The topological polar surface area (TPSA) is 144 Å². The average molecular weight is 451 g/mol. The quantitative estimate of drug-likeness (QED) is 0.292. The summed E-state index contributed by atoms with van der Waals surface area (Å²) in [6.07, 6.45) is -4.78. The van der Waals surface area contributed by atoms with Crippen molar-refractivity contribution >= 4 is 6.47 Å². The zero-order valence-electron chi connectivity index (χ0n) is 18.7. The minimum Gasteiger partial charge on any atom is -0.462 e. The van der Waals surface area contributed by atoms with Crippen molar-refractivity contribution in [2.75, 3.05) is 34.0 Å². The summed E-state index contributed by atoms with van der Waals surface area (Å²) in [6.45, 7) is 3.92. The summed E-state index contributed by atoms with van der Waals surface area (Å²) in [5.74, 6) is -0.320. The van der Waals surface area contributed by atoms with Crippen LogP contribution < -0.4 is 0 Å². The number of rotatable bonds is 11. The maximum absolute atomic E-state index is 10.7. The fraction of sp³-hybridized carbons (Fsp3) is 0.952. The van der Waals surface area contributed by atoms with E-state index in [1.54, 1.807) is 0 Å². The van der Waals surface area contributed by atoms with Crippen LogP contribution in [0, 0.1) is 17.8 Å². The van der Waals surface area contributed by atoms with E-state index in [-0.39, 0.29) is 37.6 Å². The lowest BCUT2D eigenvalue weighted by molar-refractivity contribution is -0.203. The number of aliphatic hydroxyl groups excluding tert-OH is 4. The fourth-order valence-corrected chi connectivity index (χ4v) is 4.95. The Morgan fingerprint density at radius 3 is 1.90 bits per heavy atom. The molecular formula is C21H38O10. The molecule has 0 aliphatic heterocycles. The molecule has 2 saturated carbocycles. The van der Waals surface area contributed by atoms with Crippen LogP contribution in [-0.2, 0) is 28.5 Å². The summed E-state index contributed by atoms with van der Waals surface area (Å²) < 4.78 is 27.2. The van der Waals surface area contributed by atoms with Crippen molar-refractivity contribution < 1.29 is 48.9 Å². The van der Waals surface area contributed by atoms with Gasteiger partial charge < -0.3 is 44.1 Å². The maximum Gasteiger partial charge on any atom is 0.293 e. The van der Waals surface area contributed by atoms with Gasteiger partial charge >= 0.3 is 0 Å². The van der Waals surface area contributed by atoms with E-state index in [4.69, 9.17) is 23.7 Å². The van der Waals surface area contributed by atoms with Gasteiger partial charge in [0.15, 0.2) is 0 Å². The third-order valence-electron chi connectivity index (χ3n) is 6.55. The molecule has 0 radical (unpaired) electrons. The summed E-state index contributed by atoms with van der Waals surface area (Å²) in [6, 6.07) is 0. The SMILES string of the molecule is COC1C(O)C(OCC(O)COC2[C@H](C)CC(CO)[C@@H](OC)[C@@H]2O)C(C)C[C@H]1OC=O. The molecule has 0 amide bonds. The Balaban J connectivity index is 1.86. The molecule has 0 aromatic heterocycles. The molecule has 0 spiro atoms. The summed E-state index contributed by atoms with van der Waals surface area (Å²) in [5.41, 5.74) is 0. The highest BCUT2D eigenvalue weighted by atomic mass is 16.6. The molecule has 0 aromatic rings. The first-order valence-electron chi connectivity index (χ1n) is 10.8. The van der Waals surface area contributed by atoms with Crippen LogP contribution in [0.3, 0.4) is 0 Å². The van der Waals surface area contributed by atoms with E-state index in [0.29, 0.717) is 19.3 Å². The minimum atomic E-state index is -1.02. The lowest BCUT2D eigenvalue weighted by atomic mass is 9.76. The van der Waals surface area contributed by atoms with Crippen molar-refractivity contribution in [2.45, 2.75) is 75.5 Å². The number of hydrogen-bond donors (Lipinski definition) is 4. The van der Waals surface area contributed by atoms with E-state index in [2.05, 4.69) is 0 Å². The molecule has 11 atom stereocenters. The number of carbonyl (C=O) groups is 1. The molecule has 31 heavy (non-hydrogen) atoms.